The van der Waals surface area contributed by atoms with E-state index in [9.17, 15) is 22.8 Å². The molecule has 4 heterocycles. The summed E-state index contributed by atoms with van der Waals surface area (Å²) < 4.78 is 42.9. The molecule has 2 aliphatic rings. The third-order valence-corrected chi connectivity index (χ3v) is 9.09. The lowest BCUT2D eigenvalue weighted by Crippen LogP contribution is -2.44. The lowest BCUT2D eigenvalue weighted by atomic mass is 10.1. The molecule has 0 spiro atoms. The molecular formula is C31H34F3N9O2S. The normalized spacial score (nSPS) is 16.2. The van der Waals surface area contributed by atoms with Gasteiger partial charge in [0.25, 0.3) is 5.91 Å². The Kier molecular flexibility index (Phi) is 9.06. The first-order valence-corrected chi connectivity index (χ1v) is 15.8. The molecule has 46 heavy (non-hydrogen) atoms. The number of nitrogens with zero attached hydrogens (tertiary/aromatic N) is 7. The van der Waals surface area contributed by atoms with E-state index in [0.717, 1.165) is 56.7 Å². The molecule has 2 aromatic carbocycles. The van der Waals surface area contributed by atoms with Crippen molar-refractivity contribution in [2.45, 2.75) is 25.9 Å². The number of anilines is 3. The number of carbonyl (C=O) groups excluding carboxylic acids is 2. The molecule has 2 fully saturated rings. The second-order valence-corrected chi connectivity index (χ2v) is 12.7. The highest BCUT2D eigenvalue weighted by Crippen LogP contribution is 2.35. The number of nitrogens with one attached hydrogen (secondary N) is 2. The summed E-state index contributed by atoms with van der Waals surface area (Å²) in [6, 6.07) is 8.63. The Balaban J connectivity index is 1.17. The maximum atomic E-state index is 13.8. The Hall–Kier alpha value is -4.34. The molecule has 0 saturated carbocycles. The number of rotatable bonds is 8. The fourth-order valence-corrected chi connectivity index (χ4v) is 6.32. The number of thiazole rings is 1. The lowest BCUT2D eigenvalue weighted by Gasteiger charge is -2.34. The van der Waals surface area contributed by atoms with Gasteiger partial charge in [-0.25, -0.2) is 9.67 Å². The number of aryl methyl sites for hydroxylation is 1. The van der Waals surface area contributed by atoms with Gasteiger partial charge in [0.15, 0.2) is 5.13 Å². The minimum atomic E-state index is -4.57. The molecule has 6 rings (SSSR count). The molecule has 11 nitrogen and oxygen atoms in total. The molecule has 4 aromatic rings. The molecular weight excluding hydrogens is 619 g/mol. The number of amides is 2. The second-order valence-electron chi connectivity index (χ2n) is 11.6. The van der Waals surface area contributed by atoms with E-state index in [1.54, 1.807) is 36.7 Å². The largest absolute Gasteiger partial charge is 0.416 e. The van der Waals surface area contributed by atoms with Crippen molar-refractivity contribution in [2.24, 2.45) is 0 Å². The average Bonchev–Trinajstić information content (AvgIpc) is 3.80. The average molecular weight is 654 g/mol. The van der Waals surface area contributed by atoms with Crippen molar-refractivity contribution in [3.05, 3.63) is 65.5 Å². The number of alkyl halides is 3. The van der Waals surface area contributed by atoms with Crippen LogP contribution in [0.3, 0.4) is 0 Å². The van der Waals surface area contributed by atoms with E-state index in [2.05, 4.69) is 35.7 Å². The summed E-state index contributed by atoms with van der Waals surface area (Å²) in [7, 11) is 1.97. The fourth-order valence-electron chi connectivity index (χ4n) is 5.54. The number of likely N-dealkylation sites (N-methyl/N-ethyl adjacent to an activating group) is 1. The number of carbonyl (C=O) groups is 2. The van der Waals surface area contributed by atoms with Crippen molar-refractivity contribution in [3.63, 3.8) is 0 Å². The summed E-state index contributed by atoms with van der Waals surface area (Å²) >= 11 is 1.28. The van der Waals surface area contributed by atoms with Gasteiger partial charge in [0, 0.05) is 49.3 Å². The second kappa shape index (κ2) is 13.2. The molecule has 15 heteroatoms. The Bertz CT molecular complexity index is 1720. The van der Waals surface area contributed by atoms with Crippen molar-refractivity contribution < 1.29 is 22.8 Å². The van der Waals surface area contributed by atoms with Crippen LogP contribution in [-0.2, 0) is 11.0 Å². The number of likely N-dealkylation sites (tertiary alicyclic amines) is 1. The van der Waals surface area contributed by atoms with Crippen LogP contribution >= 0.6 is 11.3 Å². The van der Waals surface area contributed by atoms with Crippen molar-refractivity contribution >= 4 is 39.7 Å². The summed E-state index contributed by atoms with van der Waals surface area (Å²) in [5, 5.41) is 14.5. The highest BCUT2D eigenvalue weighted by atomic mass is 32.1. The van der Waals surface area contributed by atoms with Gasteiger partial charge in [-0.15, -0.1) is 5.10 Å². The van der Waals surface area contributed by atoms with Crippen molar-refractivity contribution in [3.8, 4) is 16.3 Å². The van der Waals surface area contributed by atoms with Gasteiger partial charge in [0.1, 0.15) is 5.69 Å². The van der Waals surface area contributed by atoms with E-state index >= 15 is 0 Å². The topological polar surface area (TPSA) is 112 Å². The van der Waals surface area contributed by atoms with Gasteiger partial charge in [0.05, 0.1) is 28.9 Å². The first-order valence-electron chi connectivity index (χ1n) is 15.0. The fraction of sp³-hybridized carbons (Fsp3) is 0.387. The Morgan fingerprint density at radius 3 is 2.48 bits per heavy atom. The van der Waals surface area contributed by atoms with Gasteiger partial charge < -0.3 is 20.4 Å². The molecule has 242 valence electrons. The van der Waals surface area contributed by atoms with Gasteiger partial charge in [-0.1, -0.05) is 22.6 Å². The molecule has 2 aromatic heterocycles. The maximum Gasteiger partial charge on any atom is 0.416 e. The number of halogens is 3. The summed E-state index contributed by atoms with van der Waals surface area (Å²) in [5.74, 6) is -0.667. The van der Waals surface area contributed by atoms with E-state index in [4.69, 9.17) is 0 Å². The van der Waals surface area contributed by atoms with E-state index < -0.39 is 17.6 Å². The van der Waals surface area contributed by atoms with Crippen molar-refractivity contribution in [2.75, 3.05) is 68.4 Å². The standard InChI is InChI=1S/C31H34F3N9O2S/c1-20-5-6-21(29(45)36-23-14-22(31(32,33)34)15-24(16-23)42-11-9-40(2)10-12-42)13-26(20)43-18-25(38-39-43)27-17-35-30(46-27)37-28(44)19-41-7-3-4-8-41/h5-6,13-18H,3-4,7-12,19H2,1-2H3,(H,36,45)(H,35,37,44). The van der Waals surface area contributed by atoms with Crippen LogP contribution in [0.2, 0.25) is 0 Å². The van der Waals surface area contributed by atoms with E-state index in [-0.39, 0.29) is 17.2 Å². The van der Waals surface area contributed by atoms with Crippen LogP contribution in [0.5, 0.6) is 0 Å². The summed E-state index contributed by atoms with van der Waals surface area (Å²) in [5.41, 5.74) is 1.82. The predicted octanol–water partition coefficient (Wildman–Crippen LogP) is 4.76. The molecule has 0 atom stereocenters. The van der Waals surface area contributed by atoms with Crippen LogP contribution in [0, 0.1) is 6.92 Å². The first-order chi connectivity index (χ1) is 22.0. The highest BCUT2D eigenvalue weighted by molar-refractivity contribution is 7.19. The molecule has 2 saturated heterocycles. The smallest absolute Gasteiger partial charge is 0.369 e. The molecule has 2 aliphatic heterocycles. The van der Waals surface area contributed by atoms with Crippen LogP contribution in [0.4, 0.5) is 29.7 Å². The Morgan fingerprint density at radius 1 is 0.978 bits per heavy atom. The highest BCUT2D eigenvalue weighted by Gasteiger charge is 2.32. The van der Waals surface area contributed by atoms with Gasteiger partial charge >= 0.3 is 6.18 Å². The zero-order valence-electron chi connectivity index (χ0n) is 25.5. The molecule has 0 unspecified atom stereocenters. The van der Waals surface area contributed by atoms with Crippen molar-refractivity contribution in [1.29, 1.82) is 0 Å². The SMILES string of the molecule is Cc1ccc(C(=O)Nc2cc(N3CCN(C)CC3)cc(C(F)(F)F)c2)cc1-n1cc(-c2cnc(NC(=O)CN3CCCC3)s2)nn1. The minimum absolute atomic E-state index is 0.0624. The zero-order valence-corrected chi connectivity index (χ0v) is 26.3. The monoisotopic (exact) mass is 653 g/mol. The van der Waals surface area contributed by atoms with E-state index in [1.807, 2.05) is 18.9 Å². The predicted molar refractivity (Wildman–Crippen MR) is 171 cm³/mol. The first kappa shape index (κ1) is 31.6. The summed E-state index contributed by atoms with van der Waals surface area (Å²) in [4.78, 5) is 36.9. The molecule has 2 amide bonds. The Morgan fingerprint density at radius 2 is 1.74 bits per heavy atom. The van der Waals surface area contributed by atoms with Gasteiger partial charge in [-0.05, 0) is 75.8 Å². The number of benzene rings is 2. The van der Waals surface area contributed by atoms with Crippen LogP contribution in [-0.4, -0.2) is 94.5 Å². The minimum Gasteiger partial charge on any atom is -0.369 e. The third kappa shape index (κ3) is 7.37. The van der Waals surface area contributed by atoms with Crippen LogP contribution in [0.1, 0.15) is 34.3 Å². The molecule has 2 N–H and O–H groups in total. The van der Waals surface area contributed by atoms with Crippen LogP contribution in [0.15, 0.2) is 48.8 Å². The zero-order chi connectivity index (χ0) is 32.4. The Labute approximate surface area is 268 Å². The molecule has 0 bridgehead atoms. The maximum absolute atomic E-state index is 13.8. The summed E-state index contributed by atoms with van der Waals surface area (Å²) in [6.07, 6.45) is 0.952. The van der Waals surface area contributed by atoms with Gasteiger partial charge in [0.2, 0.25) is 5.91 Å². The van der Waals surface area contributed by atoms with Crippen LogP contribution in [0.25, 0.3) is 16.3 Å². The lowest BCUT2D eigenvalue weighted by molar-refractivity contribution is -0.137. The number of hydrogen-bond donors (Lipinski definition) is 2. The van der Waals surface area contributed by atoms with Gasteiger partial charge in [-0.2, -0.15) is 13.2 Å². The van der Waals surface area contributed by atoms with E-state index in [0.29, 0.717) is 46.7 Å². The quantitative estimate of drug-likeness (QED) is 0.280. The van der Waals surface area contributed by atoms with Crippen LogP contribution < -0.4 is 15.5 Å². The van der Waals surface area contributed by atoms with Gasteiger partial charge in [-0.3, -0.25) is 14.5 Å². The number of hydrogen-bond acceptors (Lipinski definition) is 9. The number of aromatic nitrogens is 4. The van der Waals surface area contributed by atoms with E-state index in [1.165, 1.54) is 16.0 Å². The summed E-state index contributed by atoms with van der Waals surface area (Å²) in [6.45, 7) is 6.66. The molecule has 0 aliphatic carbocycles. The third-order valence-electron chi connectivity index (χ3n) is 8.15. The molecule has 0 radical (unpaired) electrons. The van der Waals surface area contributed by atoms with Crippen molar-refractivity contribution in [1.82, 2.24) is 29.8 Å². The number of piperazine rings is 1.